The van der Waals surface area contributed by atoms with Gasteiger partial charge in [-0.15, -0.1) is 0 Å². The van der Waals surface area contributed by atoms with E-state index in [4.69, 9.17) is 10.2 Å². The van der Waals surface area contributed by atoms with Crippen LogP contribution >= 0.6 is 0 Å². The molecule has 0 aliphatic heterocycles. The number of carboxylic acids is 1. The number of sulfonamides is 1. The highest BCUT2D eigenvalue weighted by atomic mass is 32.2. The molecule has 8 heteroatoms. The second kappa shape index (κ2) is 5.08. The molecule has 1 rings (SSSR count). The average molecular weight is 247 g/mol. The van der Waals surface area contributed by atoms with E-state index in [1.54, 1.807) is 0 Å². The van der Waals surface area contributed by atoms with Crippen molar-refractivity contribution in [2.45, 2.75) is 30.7 Å². The minimum Gasteiger partial charge on any atom is -0.481 e. The normalized spacial score (nSPS) is 11.6. The molecule has 0 aromatic carbocycles. The summed E-state index contributed by atoms with van der Waals surface area (Å²) in [6.45, 7) is 0.475. The fourth-order valence-corrected chi connectivity index (χ4v) is 1.63. The van der Waals surface area contributed by atoms with E-state index in [0.29, 0.717) is 19.4 Å². The van der Waals surface area contributed by atoms with Crippen molar-refractivity contribution >= 4 is 16.0 Å². The minimum absolute atomic E-state index is 0.0364. The van der Waals surface area contributed by atoms with Crippen LogP contribution in [0.2, 0.25) is 0 Å². The van der Waals surface area contributed by atoms with Crippen LogP contribution in [0.1, 0.15) is 19.3 Å². The number of carbonyl (C=O) groups is 1. The largest absolute Gasteiger partial charge is 0.481 e. The number of hydrogen-bond donors (Lipinski definition) is 2. The van der Waals surface area contributed by atoms with Gasteiger partial charge in [0.25, 0.3) is 0 Å². The molecule has 1 aromatic heterocycles. The molecular formula is C8H13N3O4S. The first-order chi connectivity index (χ1) is 7.39. The van der Waals surface area contributed by atoms with Crippen molar-refractivity contribution in [3.63, 3.8) is 0 Å². The van der Waals surface area contributed by atoms with Gasteiger partial charge in [0, 0.05) is 19.2 Å². The fraction of sp³-hybridized carbons (Fsp3) is 0.500. The molecule has 16 heavy (non-hydrogen) atoms. The summed E-state index contributed by atoms with van der Waals surface area (Å²) in [4.78, 5) is 10.2. The number of hydrogen-bond acceptors (Lipinski definition) is 4. The van der Waals surface area contributed by atoms with Gasteiger partial charge in [0.15, 0.2) is 0 Å². The van der Waals surface area contributed by atoms with Gasteiger partial charge in [-0.1, -0.05) is 0 Å². The van der Waals surface area contributed by atoms with Gasteiger partial charge in [-0.3, -0.25) is 9.48 Å². The third kappa shape index (κ3) is 3.99. The van der Waals surface area contributed by atoms with E-state index in [2.05, 4.69) is 5.10 Å². The summed E-state index contributed by atoms with van der Waals surface area (Å²) in [6.07, 6.45) is 3.75. The van der Waals surface area contributed by atoms with Gasteiger partial charge in [0.1, 0.15) is 4.90 Å². The van der Waals surface area contributed by atoms with Crippen molar-refractivity contribution in [1.29, 1.82) is 0 Å². The molecule has 0 spiro atoms. The third-order valence-corrected chi connectivity index (χ3v) is 2.83. The number of aromatic nitrogens is 2. The Kier molecular flexibility index (Phi) is 4.02. The number of primary sulfonamides is 1. The van der Waals surface area contributed by atoms with Crippen LogP contribution in [0.4, 0.5) is 0 Å². The second-order valence-corrected chi connectivity index (χ2v) is 4.90. The van der Waals surface area contributed by atoms with Crippen molar-refractivity contribution in [2.75, 3.05) is 0 Å². The zero-order valence-electron chi connectivity index (χ0n) is 8.54. The van der Waals surface area contributed by atoms with Crippen molar-refractivity contribution in [2.24, 2.45) is 5.14 Å². The van der Waals surface area contributed by atoms with Crippen molar-refractivity contribution in [1.82, 2.24) is 9.78 Å². The lowest BCUT2D eigenvalue weighted by atomic mass is 10.2. The molecule has 0 aliphatic carbocycles. The summed E-state index contributed by atoms with van der Waals surface area (Å²) < 4.78 is 23.3. The molecule has 0 unspecified atom stereocenters. The van der Waals surface area contributed by atoms with Crippen LogP contribution < -0.4 is 5.14 Å². The first kappa shape index (κ1) is 12.7. The first-order valence-corrected chi connectivity index (χ1v) is 6.21. The van der Waals surface area contributed by atoms with Crippen LogP contribution in [0.5, 0.6) is 0 Å². The monoisotopic (exact) mass is 247 g/mol. The maximum absolute atomic E-state index is 10.9. The highest BCUT2D eigenvalue weighted by molar-refractivity contribution is 7.89. The van der Waals surface area contributed by atoms with Crippen LogP contribution in [0.3, 0.4) is 0 Å². The average Bonchev–Trinajstić information content (AvgIpc) is 2.59. The van der Waals surface area contributed by atoms with Crippen LogP contribution in [0.15, 0.2) is 17.3 Å². The molecule has 0 fully saturated rings. The number of carboxylic acid groups (broad SMARTS) is 1. The van der Waals surface area contributed by atoms with Gasteiger partial charge in [0.2, 0.25) is 10.0 Å². The van der Waals surface area contributed by atoms with E-state index in [0.717, 1.165) is 0 Å². The van der Waals surface area contributed by atoms with Crippen molar-refractivity contribution in [3.05, 3.63) is 12.4 Å². The lowest BCUT2D eigenvalue weighted by Crippen LogP contribution is -2.11. The molecule has 1 heterocycles. The van der Waals surface area contributed by atoms with Crippen LogP contribution in [0.25, 0.3) is 0 Å². The van der Waals surface area contributed by atoms with E-state index in [-0.39, 0.29) is 11.3 Å². The molecular weight excluding hydrogens is 234 g/mol. The highest BCUT2D eigenvalue weighted by Crippen LogP contribution is 2.05. The third-order valence-electron chi connectivity index (χ3n) is 1.97. The zero-order valence-corrected chi connectivity index (χ0v) is 9.35. The van der Waals surface area contributed by atoms with Gasteiger partial charge < -0.3 is 5.11 Å². The first-order valence-electron chi connectivity index (χ1n) is 4.66. The van der Waals surface area contributed by atoms with E-state index in [1.165, 1.54) is 17.1 Å². The molecule has 0 amide bonds. The number of aliphatic carboxylic acids is 1. The standard InChI is InChI=1S/C8H13N3O4S/c9-16(14,15)7-5-10-11(6-7)4-2-1-3-8(12)13/h5-6H,1-4H2,(H,12,13)(H2,9,14,15). The van der Waals surface area contributed by atoms with E-state index >= 15 is 0 Å². The lowest BCUT2D eigenvalue weighted by molar-refractivity contribution is -0.137. The number of nitrogens with two attached hydrogens (primary N) is 1. The van der Waals surface area contributed by atoms with Crippen LogP contribution in [-0.2, 0) is 21.4 Å². The summed E-state index contributed by atoms with van der Waals surface area (Å²) in [6, 6.07) is 0. The predicted octanol–water partition coefficient (Wildman–Crippen LogP) is -0.215. The molecule has 0 radical (unpaired) electrons. The fourth-order valence-electron chi connectivity index (χ4n) is 1.16. The van der Waals surface area contributed by atoms with E-state index < -0.39 is 16.0 Å². The summed E-state index contributed by atoms with van der Waals surface area (Å²) >= 11 is 0. The van der Waals surface area contributed by atoms with Crippen LogP contribution in [0, 0.1) is 0 Å². The molecule has 1 aromatic rings. The zero-order chi connectivity index (χ0) is 12.2. The number of nitrogens with zero attached hydrogens (tertiary/aromatic N) is 2. The molecule has 3 N–H and O–H groups in total. The Balaban J connectivity index is 2.44. The number of aryl methyl sites for hydroxylation is 1. The predicted molar refractivity (Wildman–Crippen MR) is 55.1 cm³/mol. The minimum atomic E-state index is -3.70. The van der Waals surface area contributed by atoms with Gasteiger partial charge in [0.05, 0.1) is 6.20 Å². The SMILES string of the molecule is NS(=O)(=O)c1cnn(CCCCC(=O)O)c1. The topological polar surface area (TPSA) is 115 Å². The maximum atomic E-state index is 10.9. The Morgan fingerprint density at radius 3 is 2.69 bits per heavy atom. The quantitative estimate of drug-likeness (QED) is 0.674. The molecule has 0 atom stereocenters. The smallest absolute Gasteiger partial charge is 0.303 e. The highest BCUT2D eigenvalue weighted by Gasteiger charge is 2.10. The summed E-state index contributed by atoms with van der Waals surface area (Å²) in [5.74, 6) is -0.842. The Morgan fingerprint density at radius 2 is 2.19 bits per heavy atom. The number of rotatable bonds is 6. The van der Waals surface area contributed by atoms with E-state index in [1.807, 2.05) is 0 Å². The summed E-state index contributed by atoms with van der Waals surface area (Å²) in [7, 11) is -3.70. The van der Waals surface area contributed by atoms with Gasteiger partial charge in [-0.2, -0.15) is 5.10 Å². The molecule has 7 nitrogen and oxygen atoms in total. The Labute approximate surface area is 92.9 Å². The molecule has 0 saturated carbocycles. The molecule has 0 aliphatic rings. The second-order valence-electron chi connectivity index (χ2n) is 3.33. The Morgan fingerprint density at radius 1 is 1.50 bits per heavy atom. The number of unbranched alkanes of at least 4 members (excludes halogenated alkanes) is 1. The maximum Gasteiger partial charge on any atom is 0.303 e. The molecule has 90 valence electrons. The van der Waals surface area contributed by atoms with Gasteiger partial charge in [-0.25, -0.2) is 13.6 Å². The summed E-state index contributed by atoms with van der Waals surface area (Å²) in [5, 5.41) is 17.1. The van der Waals surface area contributed by atoms with Crippen molar-refractivity contribution < 1.29 is 18.3 Å². The molecule has 0 bridgehead atoms. The van der Waals surface area contributed by atoms with Gasteiger partial charge in [-0.05, 0) is 12.8 Å². The van der Waals surface area contributed by atoms with E-state index in [9.17, 15) is 13.2 Å². The summed E-state index contributed by atoms with van der Waals surface area (Å²) in [5.41, 5.74) is 0. The van der Waals surface area contributed by atoms with Crippen LogP contribution in [-0.4, -0.2) is 29.3 Å². The molecule has 0 saturated heterocycles. The lowest BCUT2D eigenvalue weighted by Gasteiger charge is -1.99. The Bertz CT molecular complexity index is 465. The van der Waals surface area contributed by atoms with Crippen molar-refractivity contribution in [3.8, 4) is 0 Å². The van der Waals surface area contributed by atoms with Gasteiger partial charge >= 0.3 is 5.97 Å². The Hall–Kier alpha value is -1.41.